The Morgan fingerprint density at radius 1 is 1.50 bits per heavy atom. The van der Waals surface area contributed by atoms with E-state index in [1.165, 1.54) is 0 Å². The van der Waals surface area contributed by atoms with Gasteiger partial charge in [-0.3, -0.25) is 9.69 Å². The minimum Gasteiger partial charge on any atom is -0.396 e. The Kier molecular flexibility index (Phi) is 5.22. The molecule has 0 saturated carbocycles. The van der Waals surface area contributed by atoms with Gasteiger partial charge < -0.3 is 10.4 Å². The molecule has 1 atom stereocenters. The average molecular weight is 228 g/mol. The van der Waals surface area contributed by atoms with E-state index in [2.05, 4.69) is 17.1 Å². The van der Waals surface area contributed by atoms with Crippen LogP contribution in [0.1, 0.15) is 33.1 Å². The van der Waals surface area contributed by atoms with Gasteiger partial charge in [-0.1, -0.05) is 6.92 Å². The molecule has 0 aromatic heterocycles. The van der Waals surface area contributed by atoms with Gasteiger partial charge in [0.15, 0.2) is 0 Å². The van der Waals surface area contributed by atoms with Gasteiger partial charge in [0.05, 0.1) is 6.54 Å². The van der Waals surface area contributed by atoms with E-state index in [0.29, 0.717) is 13.1 Å². The molecule has 0 bridgehead atoms. The second-order valence-corrected chi connectivity index (χ2v) is 4.78. The van der Waals surface area contributed by atoms with Crippen LogP contribution < -0.4 is 5.32 Å². The summed E-state index contributed by atoms with van der Waals surface area (Å²) in [6.45, 7) is 7.25. The molecule has 1 heterocycles. The lowest BCUT2D eigenvalue weighted by atomic mass is 9.78. The van der Waals surface area contributed by atoms with Crippen LogP contribution in [-0.2, 0) is 4.79 Å². The van der Waals surface area contributed by atoms with Gasteiger partial charge in [-0.15, -0.1) is 0 Å². The van der Waals surface area contributed by atoms with Crippen LogP contribution in [0.2, 0.25) is 0 Å². The van der Waals surface area contributed by atoms with E-state index in [9.17, 15) is 9.90 Å². The maximum atomic E-state index is 11.5. The van der Waals surface area contributed by atoms with Crippen molar-refractivity contribution < 1.29 is 9.90 Å². The van der Waals surface area contributed by atoms with Crippen molar-refractivity contribution in [3.8, 4) is 0 Å². The SMILES string of the molecule is CCNC(=O)CN1CCC[C@](CC)(CO)C1. The first kappa shape index (κ1) is 13.5. The summed E-state index contributed by atoms with van der Waals surface area (Å²) < 4.78 is 0. The Bertz CT molecular complexity index is 227. The van der Waals surface area contributed by atoms with E-state index in [1.807, 2.05) is 6.92 Å². The number of nitrogens with one attached hydrogen (secondary N) is 1. The fourth-order valence-electron chi connectivity index (χ4n) is 2.43. The number of carbonyl (C=O) groups is 1. The zero-order chi connectivity index (χ0) is 12.0. The number of likely N-dealkylation sites (tertiary alicyclic amines) is 1. The fourth-order valence-corrected chi connectivity index (χ4v) is 2.43. The normalized spacial score (nSPS) is 26.7. The van der Waals surface area contributed by atoms with Crippen LogP contribution in [0.15, 0.2) is 0 Å². The standard InChI is InChI=1S/C12H24N2O2/c1-3-12(10-15)6-5-7-14(9-12)8-11(16)13-4-2/h15H,3-10H2,1-2H3,(H,13,16)/t12-/m0/s1. The van der Waals surface area contributed by atoms with Crippen molar-refractivity contribution in [2.75, 3.05) is 32.8 Å². The third kappa shape index (κ3) is 3.46. The number of amides is 1. The minimum atomic E-state index is 0.0186. The fraction of sp³-hybridized carbons (Fsp3) is 0.917. The number of piperidine rings is 1. The van der Waals surface area contributed by atoms with Crippen molar-refractivity contribution in [1.82, 2.24) is 10.2 Å². The number of hydrogen-bond acceptors (Lipinski definition) is 3. The van der Waals surface area contributed by atoms with E-state index in [-0.39, 0.29) is 17.9 Å². The Hall–Kier alpha value is -0.610. The summed E-state index contributed by atoms with van der Waals surface area (Å²) >= 11 is 0. The number of nitrogens with zero attached hydrogens (tertiary/aromatic N) is 1. The van der Waals surface area contributed by atoms with Crippen LogP contribution in [0.25, 0.3) is 0 Å². The molecule has 0 unspecified atom stereocenters. The van der Waals surface area contributed by atoms with Gasteiger partial charge >= 0.3 is 0 Å². The third-order valence-corrected chi connectivity index (χ3v) is 3.57. The molecule has 1 aliphatic heterocycles. The third-order valence-electron chi connectivity index (χ3n) is 3.57. The topological polar surface area (TPSA) is 52.6 Å². The molecule has 94 valence electrons. The molecule has 1 rings (SSSR count). The Morgan fingerprint density at radius 3 is 2.81 bits per heavy atom. The van der Waals surface area contributed by atoms with Crippen molar-refractivity contribution in [2.45, 2.75) is 33.1 Å². The highest BCUT2D eigenvalue weighted by atomic mass is 16.3. The van der Waals surface area contributed by atoms with Gasteiger partial charge in [0.1, 0.15) is 0 Å². The summed E-state index contributed by atoms with van der Waals surface area (Å²) in [5.41, 5.74) is 0.0186. The van der Waals surface area contributed by atoms with Crippen LogP contribution in [0.5, 0.6) is 0 Å². The van der Waals surface area contributed by atoms with Crippen LogP contribution in [0.4, 0.5) is 0 Å². The first-order chi connectivity index (χ1) is 7.65. The largest absolute Gasteiger partial charge is 0.396 e. The first-order valence-electron chi connectivity index (χ1n) is 6.25. The van der Waals surface area contributed by atoms with Crippen LogP contribution in [0.3, 0.4) is 0 Å². The van der Waals surface area contributed by atoms with Crippen molar-refractivity contribution in [1.29, 1.82) is 0 Å². The quantitative estimate of drug-likeness (QED) is 0.725. The number of aliphatic hydroxyl groups is 1. The summed E-state index contributed by atoms with van der Waals surface area (Å²) in [5.74, 6) is 0.0901. The predicted molar refractivity (Wildman–Crippen MR) is 64.2 cm³/mol. The maximum Gasteiger partial charge on any atom is 0.234 e. The monoisotopic (exact) mass is 228 g/mol. The molecular formula is C12H24N2O2. The van der Waals surface area contributed by atoms with Gasteiger partial charge in [0.25, 0.3) is 0 Å². The molecule has 2 N–H and O–H groups in total. The summed E-state index contributed by atoms with van der Waals surface area (Å²) in [6.07, 6.45) is 3.13. The summed E-state index contributed by atoms with van der Waals surface area (Å²) in [5, 5.41) is 12.3. The van der Waals surface area contributed by atoms with E-state index in [0.717, 1.165) is 32.4 Å². The molecule has 0 aromatic carbocycles. The van der Waals surface area contributed by atoms with E-state index in [1.54, 1.807) is 0 Å². The lowest BCUT2D eigenvalue weighted by Gasteiger charge is -2.41. The second kappa shape index (κ2) is 6.21. The molecule has 1 fully saturated rings. The van der Waals surface area contributed by atoms with Gasteiger partial charge in [0.2, 0.25) is 5.91 Å². The number of aliphatic hydroxyl groups excluding tert-OH is 1. The average Bonchev–Trinajstić information content (AvgIpc) is 2.29. The van der Waals surface area contributed by atoms with Crippen molar-refractivity contribution in [2.24, 2.45) is 5.41 Å². The van der Waals surface area contributed by atoms with Gasteiger partial charge in [-0.25, -0.2) is 0 Å². The van der Waals surface area contributed by atoms with Crippen LogP contribution in [-0.4, -0.2) is 48.7 Å². The summed E-state index contributed by atoms with van der Waals surface area (Å²) in [7, 11) is 0. The van der Waals surface area contributed by atoms with Crippen molar-refractivity contribution >= 4 is 5.91 Å². The smallest absolute Gasteiger partial charge is 0.234 e. The number of hydrogen-bond donors (Lipinski definition) is 2. The molecule has 4 nitrogen and oxygen atoms in total. The first-order valence-corrected chi connectivity index (χ1v) is 6.25. The molecule has 0 spiro atoms. The Balaban J connectivity index is 2.47. The number of rotatable bonds is 5. The molecule has 4 heteroatoms. The maximum absolute atomic E-state index is 11.5. The van der Waals surface area contributed by atoms with Crippen molar-refractivity contribution in [3.05, 3.63) is 0 Å². The molecule has 1 saturated heterocycles. The number of carbonyl (C=O) groups excluding carboxylic acids is 1. The predicted octanol–water partition coefficient (Wildman–Crippen LogP) is 0.607. The molecule has 0 aromatic rings. The molecule has 1 amide bonds. The highest BCUT2D eigenvalue weighted by molar-refractivity contribution is 5.77. The highest BCUT2D eigenvalue weighted by Crippen LogP contribution is 2.32. The minimum absolute atomic E-state index is 0.0186. The van der Waals surface area contributed by atoms with E-state index in [4.69, 9.17) is 0 Å². The lowest BCUT2D eigenvalue weighted by molar-refractivity contribution is -0.123. The van der Waals surface area contributed by atoms with Gasteiger partial charge in [-0.05, 0) is 32.7 Å². The van der Waals surface area contributed by atoms with Gasteiger partial charge in [-0.2, -0.15) is 0 Å². The summed E-state index contributed by atoms with van der Waals surface area (Å²) in [6, 6.07) is 0. The molecule has 16 heavy (non-hydrogen) atoms. The number of likely N-dealkylation sites (N-methyl/N-ethyl adjacent to an activating group) is 1. The van der Waals surface area contributed by atoms with E-state index >= 15 is 0 Å². The lowest BCUT2D eigenvalue weighted by Crippen LogP contribution is -2.48. The molecular weight excluding hydrogens is 204 g/mol. The van der Waals surface area contributed by atoms with Gasteiger partial charge in [0, 0.05) is 25.1 Å². The van der Waals surface area contributed by atoms with Crippen LogP contribution in [0, 0.1) is 5.41 Å². The highest BCUT2D eigenvalue weighted by Gasteiger charge is 2.33. The van der Waals surface area contributed by atoms with E-state index < -0.39 is 0 Å². The van der Waals surface area contributed by atoms with Crippen molar-refractivity contribution in [3.63, 3.8) is 0 Å². The molecule has 1 aliphatic rings. The Labute approximate surface area is 98.0 Å². The zero-order valence-electron chi connectivity index (χ0n) is 10.5. The second-order valence-electron chi connectivity index (χ2n) is 4.78. The Morgan fingerprint density at radius 2 is 2.25 bits per heavy atom. The molecule has 0 aliphatic carbocycles. The summed E-state index contributed by atoms with van der Waals surface area (Å²) in [4.78, 5) is 13.6. The molecule has 0 radical (unpaired) electrons. The van der Waals surface area contributed by atoms with Crippen LogP contribution >= 0.6 is 0 Å². The zero-order valence-corrected chi connectivity index (χ0v) is 10.5.